The normalized spacial score (nSPS) is 11.8. The van der Waals surface area contributed by atoms with E-state index >= 15 is 0 Å². The van der Waals surface area contributed by atoms with Gasteiger partial charge in [0.2, 0.25) is 0 Å². The highest BCUT2D eigenvalue weighted by Gasteiger charge is 2.33. The van der Waals surface area contributed by atoms with Gasteiger partial charge in [-0.2, -0.15) is 0 Å². The number of nitrogens with zero attached hydrogens (tertiary/aromatic N) is 2. The first-order valence-corrected chi connectivity index (χ1v) is 33.4. The van der Waals surface area contributed by atoms with Crippen molar-refractivity contribution in [2.24, 2.45) is 0 Å². The maximum absolute atomic E-state index is 7.40. The average Bonchev–Trinajstić information content (AvgIpc) is 0.741. The van der Waals surface area contributed by atoms with Gasteiger partial charge in [0, 0.05) is 55.0 Å². The zero-order valence-corrected chi connectivity index (χ0v) is 56.6. The fraction of sp³-hybridized carbons (Fsp3) is 0.133. The monoisotopic (exact) mass is 1260 g/mol. The van der Waals surface area contributed by atoms with E-state index in [9.17, 15) is 0 Å². The lowest BCUT2D eigenvalue weighted by atomic mass is 9.79. The average molecular weight is 1260 g/mol. The third-order valence-corrected chi connectivity index (χ3v) is 18.5. The molecule has 0 aliphatic carbocycles. The van der Waals surface area contributed by atoms with Crippen LogP contribution in [0.1, 0.15) is 79.0 Å². The van der Waals surface area contributed by atoms with Crippen LogP contribution < -0.4 is 9.80 Å². The van der Waals surface area contributed by atoms with Crippen molar-refractivity contribution < 1.29 is 0 Å². The number of halogens is 2. The van der Waals surface area contributed by atoms with Crippen molar-refractivity contribution in [1.29, 1.82) is 0 Å². The molecule has 0 saturated carbocycles. The van der Waals surface area contributed by atoms with E-state index in [0.717, 1.165) is 129 Å². The summed E-state index contributed by atoms with van der Waals surface area (Å²) in [6.07, 6.45) is 0. The molecule has 2 nitrogen and oxygen atoms in total. The van der Waals surface area contributed by atoms with Crippen LogP contribution in [0.25, 0.3) is 89.0 Å². The summed E-state index contributed by atoms with van der Waals surface area (Å²) in [5.74, 6) is 0. The molecule has 13 aromatic carbocycles. The minimum absolute atomic E-state index is 0.265. The zero-order chi connectivity index (χ0) is 65.3. The lowest BCUT2D eigenvalue weighted by Gasteiger charge is -2.37. The van der Waals surface area contributed by atoms with Gasteiger partial charge < -0.3 is 9.80 Å². The summed E-state index contributed by atoms with van der Waals surface area (Å²) < 4.78 is 0. The molecule has 0 fully saturated rings. The van der Waals surface area contributed by atoms with Crippen LogP contribution in [0, 0.1) is 0 Å². The molecule has 462 valence electrons. The van der Waals surface area contributed by atoms with E-state index in [-0.39, 0.29) is 16.2 Å². The van der Waals surface area contributed by atoms with Crippen LogP contribution in [0.5, 0.6) is 0 Å². The molecule has 13 rings (SSSR count). The second-order valence-corrected chi connectivity index (χ2v) is 28.5. The van der Waals surface area contributed by atoms with Crippen molar-refractivity contribution >= 4 is 57.3 Å². The van der Waals surface area contributed by atoms with E-state index in [1.165, 1.54) is 11.1 Å². The van der Waals surface area contributed by atoms with Gasteiger partial charge in [0.05, 0.1) is 11.4 Å². The van der Waals surface area contributed by atoms with E-state index in [0.29, 0.717) is 10.0 Å². The van der Waals surface area contributed by atoms with Crippen LogP contribution in [-0.2, 0) is 16.2 Å². The number of hydrogen-bond acceptors (Lipinski definition) is 2. The third-order valence-electron chi connectivity index (χ3n) is 18.0. The van der Waals surface area contributed by atoms with Gasteiger partial charge in [-0.15, -0.1) is 0 Å². The molecule has 0 N–H and O–H groups in total. The van der Waals surface area contributed by atoms with Crippen molar-refractivity contribution in [3.63, 3.8) is 0 Å². The molecule has 0 atom stereocenters. The van der Waals surface area contributed by atoms with Crippen molar-refractivity contribution in [2.75, 3.05) is 9.80 Å². The zero-order valence-electron chi connectivity index (χ0n) is 55.1. The van der Waals surface area contributed by atoms with E-state index in [2.05, 4.69) is 369 Å². The minimum Gasteiger partial charge on any atom is -0.309 e. The van der Waals surface area contributed by atoms with Crippen molar-refractivity contribution in [2.45, 2.75) is 78.6 Å². The molecule has 0 spiro atoms. The quantitative estimate of drug-likeness (QED) is 0.107. The van der Waals surface area contributed by atoms with Crippen LogP contribution in [0.4, 0.5) is 34.1 Å². The Balaban J connectivity index is 1.22. The minimum atomic E-state index is -0.381. The van der Waals surface area contributed by atoms with Crippen molar-refractivity contribution in [3.05, 3.63) is 336 Å². The second-order valence-electron chi connectivity index (χ2n) is 27.6. The summed E-state index contributed by atoms with van der Waals surface area (Å²) in [4.78, 5) is 5.00. The molecule has 0 aliphatic rings. The smallest absolute Gasteiger partial charge is 0.0619 e. The number of hydrogen-bond donors (Lipinski definition) is 0. The SMILES string of the molecule is CC(C)(C)c1cc(N(c2cccc(Cl)c2)c2c(-c3ccccc3-c3ccccc3)cc(C(C)(C)C)cc2-c2ccccc2-c2ccccc2)cc(N(c2cccc(Cl)c2)c2c(-c3ccccc3-c3ccccc3)cc(C(C)(C)C)cc2-c2ccccc2-c2ccccc2)c1. The van der Waals surface area contributed by atoms with Gasteiger partial charge in [0.1, 0.15) is 0 Å². The van der Waals surface area contributed by atoms with Gasteiger partial charge >= 0.3 is 0 Å². The van der Waals surface area contributed by atoms with Crippen molar-refractivity contribution in [1.82, 2.24) is 0 Å². The highest BCUT2D eigenvalue weighted by molar-refractivity contribution is 6.31. The second kappa shape index (κ2) is 26.2. The maximum atomic E-state index is 7.40. The molecule has 0 aromatic heterocycles. The molecule has 0 radical (unpaired) electrons. The number of anilines is 6. The van der Waals surface area contributed by atoms with Crippen LogP contribution in [0.2, 0.25) is 10.0 Å². The van der Waals surface area contributed by atoms with Crippen LogP contribution in [0.3, 0.4) is 0 Å². The van der Waals surface area contributed by atoms with E-state index < -0.39 is 0 Å². The summed E-state index contributed by atoms with van der Waals surface area (Å²) in [6.45, 7) is 20.9. The highest BCUT2D eigenvalue weighted by atomic mass is 35.5. The number of rotatable bonds is 14. The Morgan fingerprint density at radius 3 is 0.681 bits per heavy atom. The standard InChI is InChI=1S/C90H78Cl2N2/c1-88(2,3)65-52-72(93(70-42-30-40-68(91)58-70)86-82(78-48-26-22-44-74(78)61-32-14-10-15-33-61)54-66(89(4,5)6)55-83(86)79-49-27-23-45-75(79)62-34-16-11-17-35-62)60-73(53-65)94(71-43-31-41-69(92)59-71)87-84(80-50-28-24-46-76(80)63-36-18-12-19-37-63)56-67(90(7,8)9)57-85(87)81-51-29-25-47-77(81)64-38-20-13-21-39-64/h10-60H,1-9H3. The van der Waals surface area contributed by atoms with Gasteiger partial charge in [0.15, 0.2) is 0 Å². The molecule has 94 heavy (non-hydrogen) atoms. The Kier molecular flexibility index (Phi) is 17.5. The first-order chi connectivity index (χ1) is 45.4. The fourth-order valence-corrected chi connectivity index (χ4v) is 13.5. The largest absolute Gasteiger partial charge is 0.309 e. The molecule has 0 unspecified atom stereocenters. The summed E-state index contributed by atoms with van der Waals surface area (Å²) >= 11 is 14.8. The van der Waals surface area contributed by atoms with Gasteiger partial charge in [-0.05, 0) is 179 Å². The molecular weight excluding hydrogens is 1180 g/mol. The lowest BCUT2D eigenvalue weighted by Crippen LogP contribution is -2.20. The van der Waals surface area contributed by atoms with Crippen LogP contribution >= 0.6 is 23.2 Å². The Bertz CT molecular complexity index is 4350. The number of benzene rings is 13. The van der Waals surface area contributed by atoms with Gasteiger partial charge in [0.25, 0.3) is 0 Å². The van der Waals surface area contributed by atoms with Crippen LogP contribution in [0.15, 0.2) is 309 Å². The van der Waals surface area contributed by atoms with E-state index in [4.69, 9.17) is 23.2 Å². The first-order valence-electron chi connectivity index (χ1n) is 32.6. The first kappa shape index (κ1) is 62.8. The predicted molar refractivity (Wildman–Crippen MR) is 405 cm³/mol. The van der Waals surface area contributed by atoms with Crippen molar-refractivity contribution in [3.8, 4) is 89.0 Å². The third kappa shape index (κ3) is 12.9. The summed E-state index contributed by atoms with van der Waals surface area (Å²) in [5.41, 5.74) is 26.2. The predicted octanol–water partition coefficient (Wildman–Crippen LogP) is 27.2. The topological polar surface area (TPSA) is 6.48 Å². The van der Waals surface area contributed by atoms with Gasteiger partial charge in [-0.3, -0.25) is 0 Å². The Labute approximate surface area is 567 Å². The Hall–Kier alpha value is -9.96. The molecular formula is C90H78Cl2N2. The molecule has 0 amide bonds. The van der Waals surface area contributed by atoms with E-state index in [1.54, 1.807) is 0 Å². The molecule has 0 saturated heterocycles. The Morgan fingerprint density at radius 2 is 0.436 bits per heavy atom. The van der Waals surface area contributed by atoms with Gasteiger partial charge in [-0.1, -0.05) is 316 Å². The summed E-state index contributed by atoms with van der Waals surface area (Å²) in [5, 5.41) is 1.25. The molecule has 0 heterocycles. The fourth-order valence-electron chi connectivity index (χ4n) is 13.1. The summed E-state index contributed by atoms with van der Waals surface area (Å²) in [6, 6.07) is 113. The molecule has 13 aromatic rings. The molecule has 4 heteroatoms. The van der Waals surface area contributed by atoms with Gasteiger partial charge in [-0.25, -0.2) is 0 Å². The van der Waals surface area contributed by atoms with Crippen LogP contribution in [-0.4, -0.2) is 0 Å². The summed E-state index contributed by atoms with van der Waals surface area (Å²) in [7, 11) is 0. The highest BCUT2D eigenvalue weighted by Crippen LogP contribution is 2.56. The Morgan fingerprint density at radius 1 is 0.202 bits per heavy atom. The lowest BCUT2D eigenvalue weighted by molar-refractivity contribution is 0.590. The van der Waals surface area contributed by atoms with E-state index in [1.807, 2.05) is 12.1 Å². The maximum Gasteiger partial charge on any atom is 0.0619 e. The molecule has 0 bridgehead atoms. The molecule has 0 aliphatic heterocycles.